The van der Waals surface area contributed by atoms with E-state index >= 15 is 0 Å². The maximum Gasteiger partial charge on any atom is 0.124 e. The Morgan fingerprint density at radius 1 is 1.37 bits per heavy atom. The molecule has 104 valence electrons. The van der Waals surface area contributed by atoms with Crippen molar-refractivity contribution in [2.24, 2.45) is 5.92 Å². The molecule has 0 bridgehead atoms. The lowest BCUT2D eigenvalue weighted by Gasteiger charge is -2.06. The average molecular weight is 280 g/mol. The van der Waals surface area contributed by atoms with Crippen LogP contribution in [0.5, 0.6) is 0 Å². The molecule has 0 unspecified atom stereocenters. The van der Waals surface area contributed by atoms with Crippen molar-refractivity contribution in [3.63, 3.8) is 0 Å². The van der Waals surface area contributed by atoms with Crippen LogP contribution in [0.1, 0.15) is 37.8 Å². The van der Waals surface area contributed by atoms with Gasteiger partial charge >= 0.3 is 0 Å². The second-order valence-corrected chi connectivity index (χ2v) is 5.92. The lowest BCUT2D eigenvalue weighted by molar-refractivity contribution is 0.305. The third kappa shape index (κ3) is 6.66. The van der Waals surface area contributed by atoms with Crippen LogP contribution in [0.15, 0.2) is 18.2 Å². The summed E-state index contributed by atoms with van der Waals surface area (Å²) in [5, 5.41) is 8.71. The highest BCUT2D eigenvalue weighted by molar-refractivity contribution is 7.98. The van der Waals surface area contributed by atoms with Crippen molar-refractivity contribution in [1.82, 2.24) is 0 Å². The van der Waals surface area contributed by atoms with Crippen LogP contribution in [-0.2, 0) is 5.75 Å². The number of halogens is 1. The SMILES string of the molecule is CC(C)CCSCc1ccc(F)cc1C#CCCO. The molecule has 1 nitrogen and oxygen atoms in total. The minimum absolute atomic E-state index is 0.0424. The van der Waals surface area contributed by atoms with E-state index in [-0.39, 0.29) is 12.4 Å². The fraction of sp³-hybridized carbons (Fsp3) is 0.500. The van der Waals surface area contributed by atoms with Crippen LogP contribution < -0.4 is 0 Å². The van der Waals surface area contributed by atoms with Crippen molar-refractivity contribution in [2.45, 2.75) is 32.4 Å². The Bertz CT molecular complexity index is 446. The van der Waals surface area contributed by atoms with Crippen molar-refractivity contribution < 1.29 is 9.50 Å². The average Bonchev–Trinajstić information content (AvgIpc) is 2.36. The van der Waals surface area contributed by atoms with E-state index in [0.717, 1.165) is 22.6 Å². The minimum Gasteiger partial charge on any atom is -0.395 e. The molecule has 0 aromatic heterocycles. The van der Waals surface area contributed by atoms with Crippen LogP contribution in [0.4, 0.5) is 4.39 Å². The summed E-state index contributed by atoms with van der Waals surface area (Å²) in [5.41, 5.74) is 1.81. The van der Waals surface area contributed by atoms with E-state index in [1.165, 1.54) is 18.6 Å². The number of aliphatic hydroxyl groups excluding tert-OH is 1. The van der Waals surface area contributed by atoms with Crippen LogP contribution in [0.2, 0.25) is 0 Å². The smallest absolute Gasteiger partial charge is 0.124 e. The molecule has 0 saturated heterocycles. The Balaban J connectivity index is 2.64. The van der Waals surface area contributed by atoms with Gasteiger partial charge in [-0.1, -0.05) is 31.8 Å². The Kier molecular flexibility index (Phi) is 7.62. The summed E-state index contributed by atoms with van der Waals surface area (Å²) in [4.78, 5) is 0. The van der Waals surface area contributed by atoms with Gasteiger partial charge < -0.3 is 5.11 Å². The molecule has 1 rings (SSSR count). The number of hydrogen-bond donors (Lipinski definition) is 1. The predicted molar refractivity (Wildman–Crippen MR) is 80.6 cm³/mol. The Morgan fingerprint density at radius 3 is 2.84 bits per heavy atom. The van der Waals surface area contributed by atoms with Gasteiger partial charge in [-0.15, -0.1) is 0 Å². The zero-order valence-electron chi connectivity index (χ0n) is 11.6. The fourth-order valence-corrected chi connectivity index (χ4v) is 2.76. The Labute approximate surface area is 119 Å². The normalized spacial score (nSPS) is 10.4. The summed E-state index contributed by atoms with van der Waals surface area (Å²) >= 11 is 1.85. The first kappa shape index (κ1) is 16.1. The number of thioether (sulfide) groups is 1. The van der Waals surface area contributed by atoms with Gasteiger partial charge in [0.2, 0.25) is 0 Å². The molecule has 19 heavy (non-hydrogen) atoms. The second kappa shape index (κ2) is 9.01. The van der Waals surface area contributed by atoms with Crippen LogP contribution in [0.3, 0.4) is 0 Å². The van der Waals surface area contributed by atoms with Crippen LogP contribution >= 0.6 is 11.8 Å². The molecular weight excluding hydrogens is 259 g/mol. The van der Waals surface area contributed by atoms with Gasteiger partial charge in [0, 0.05) is 17.7 Å². The first-order chi connectivity index (χ1) is 9.13. The number of aliphatic hydroxyl groups is 1. The van der Waals surface area contributed by atoms with E-state index in [0.29, 0.717) is 12.3 Å². The Hall–Kier alpha value is -0.980. The van der Waals surface area contributed by atoms with Crippen molar-refractivity contribution in [1.29, 1.82) is 0 Å². The van der Waals surface area contributed by atoms with Gasteiger partial charge in [0.1, 0.15) is 5.82 Å². The molecule has 0 radical (unpaired) electrons. The highest BCUT2D eigenvalue weighted by Gasteiger charge is 2.03. The van der Waals surface area contributed by atoms with Crippen molar-refractivity contribution >= 4 is 11.8 Å². The van der Waals surface area contributed by atoms with Gasteiger partial charge in [0.15, 0.2) is 0 Å². The zero-order valence-corrected chi connectivity index (χ0v) is 12.4. The molecule has 0 saturated carbocycles. The fourth-order valence-electron chi connectivity index (χ4n) is 1.51. The van der Waals surface area contributed by atoms with Crippen molar-refractivity contribution in [2.75, 3.05) is 12.4 Å². The number of rotatable bonds is 6. The van der Waals surface area contributed by atoms with Gasteiger partial charge in [-0.05, 0) is 35.8 Å². The predicted octanol–water partition coefficient (Wildman–Crippen LogP) is 3.84. The maximum atomic E-state index is 13.2. The molecule has 0 amide bonds. The highest BCUT2D eigenvalue weighted by atomic mass is 32.2. The Morgan fingerprint density at radius 2 is 2.16 bits per heavy atom. The molecule has 0 aliphatic carbocycles. The third-order valence-corrected chi connectivity index (χ3v) is 3.67. The lowest BCUT2D eigenvalue weighted by Crippen LogP contribution is -1.93. The van der Waals surface area contributed by atoms with Gasteiger partial charge in [-0.2, -0.15) is 11.8 Å². The number of hydrogen-bond acceptors (Lipinski definition) is 2. The van der Waals surface area contributed by atoms with Crippen molar-refractivity contribution in [3.8, 4) is 11.8 Å². The van der Waals surface area contributed by atoms with Gasteiger partial charge in [0.25, 0.3) is 0 Å². The standard InChI is InChI=1S/C16H21FOS/c1-13(2)8-10-19-12-15-6-7-16(17)11-14(15)5-3-4-9-18/h6-7,11,13,18H,4,8-10,12H2,1-2H3. The van der Waals surface area contributed by atoms with Gasteiger partial charge in [-0.25, -0.2) is 4.39 Å². The van der Waals surface area contributed by atoms with E-state index in [4.69, 9.17) is 5.11 Å². The highest BCUT2D eigenvalue weighted by Crippen LogP contribution is 2.19. The molecule has 0 spiro atoms. The van der Waals surface area contributed by atoms with Gasteiger partial charge in [-0.3, -0.25) is 0 Å². The summed E-state index contributed by atoms with van der Waals surface area (Å²) in [6, 6.07) is 4.76. The monoisotopic (exact) mass is 280 g/mol. The molecule has 0 heterocycles. The topological polar surface area (TPSA) is 20.2 Å². The second-order valence-electron chi connectivity index (χ2n) is 4.81. The van der Waals surface area contributed by atoms with Crippen LogP contribution in [0.25, 0.3) is 0 Å². The molecule has 3 heteroatoms. The molecule has 1 aromatic rings. The summed E-state index contributed by atoms with van der Waals surface area (Å²) in [6.45, 7) is 4.47. The molecule has 1 aromatic carbocycles. The van der Waals surface area contributed by atoms with Crippen LogP contribution in [0, 0.1) is 23.6 Å². The molecule has 0 atom stereocenters. The molecule has 0 aliphatic heterocycles. The van der Waals surface area contributed by atoms with Gasteiger partial charge in [0.05, 0.1) is 6.61 Å². The first-order valence-electron chi connectivity index (χ1n) is 6.59. The van der Waals surface area contributed by atoms with Crippen LogP contribution in [-0.4, -0.2) is 17.5 Å². The van der Waals surface area contributed by atoms with Crippen molar-refractivity contribution in [3.05, 3.63) is 35.1 Å². The largest absolute Gasteiger partial charge is 0.395 e. The van der Waals surface area contributed by atoms with E-state index in [1.54, 1.807) is 6.07 Å². The summed E-state index contributed by atoms with van der Waals surface area (Å²) in [6.07, 6.45) is 1.62. The molecule has 0 aliphatic rings. The summed E-state index contributed by atoms with van der Waals surface area (Å²) < 4.78 is 13.2. The van der Waals surface area contributed by atoms with E-state index in [9.17, 15) is 4.39 Å². The molecular formula is C16H21FOS. The quantitative estimate of drug-likeness (QED) is 0.631. The van der Waals surface area contributed by atoms with E-state index in [2.05, 4.69) is 25.7 Å². The first-order valence-corrected chi connectivity index (χ1v) is 7.75. The summed E-state index contributed by atoms with van der Waals surface area (Å²) in [7, 11) is 0. The third-order valence-electron chi connectivity index (χ3n) is 2.63. The zero-order chi connectivity index (χ0) is 14.1. The molecule has 1 N–H and O–H groups in total. The maximum absolute atomic E-state index is 13.2. The minimum atomic E-state index is -0.260. The van der Waals surface area contributed by atoms with E-state index in [1.807, 2.05) is 11.8 Å². The summed E-state index contributed by atoms with van der Waals surface area (Å²) in [5.74, 6) is 8.21. The molecule has 0 fully saturated rings. The van der Waals surface area contributed by atoms with E-state index < -0.39 is 0 Å². The number of benzene rings is 1. The lowest BCUT2D eigenvalue weighted by atomic mass is 10.1.